The summed E-state index contributed by atoms with van der Waals surface area (Å²) in [7, 11) is 0. The van der Waals surface area contributed by atoms with Crippen molar-refractivity contribution in [1.29, 1.82) is 0 Å². The van der Waals surface area contributed by atoms with Crippen molar-refractivity contribution < 1.29 is 9.50 Å². The van der Waals surface area contributed by atoms with Crippen molar-refractivity contribution in [2.24, 2.45) is 0 Å². The predicted octanol–water partition coefficient (Wildman–Crippen LogP) is 2.18. The monoisotopic (exact) mass is 400 g/mol. The molecule has 1 heterocycles. The minimum Gasteiger partial charge on any atom is -0.396 e. The number of nitrogens with one attached hydrogen (secondary N) is 1. The highest BCUT2D eigenvalue weighted by Gasteiger charge is 2.24. The van der Waals surface area contributed by atoms with Gasteiger partial charge in [-0.2, -0.15) is 0 Å². The van der Waals surface area contributed by atoms with Crippen LogP contribution in [-0.2, 0) is 0 Å². The van der Waals surface area contributed by atoms with Crippen molar-refractivity contribution in [3.05, 3.63) is 33.1 Å². The van der Waals surface area contributed by atoms with Crippen LogP contribution in [0.2, 0.25) is 0 Å². The summed E-state index contributed by atoms with van der Waals surface area (Å²) < 4.78 is 15.0. The quantitative estimate of drug-likeness (QED) is 0.761. The van der Waals surface area contributed by atoms with E-state index in [9.17, 15) is 9.50 Å². The minimum absolute atomic E-state index is 0. The van der Waals surface area contributed by atoms with Gasteiger partial charge in [-0.15, -0.1) is 12.4 Å². The van der Waals surface area contributed by atoms with Crippen LogP contribution in [0.1, 0.15) is 18.0 Å². The van der Waals surface area contributed by atoms with Crippen LogP contribution in [0.3, 0.4) is 0 Å². The Bertz CT molecular complexity index is 402. The SMILES string of the molecule is Cl.OCC[C@H](c1cc(I)ccc1F)N1CCNCC1. The molecule has 1 aromatic carbocycles. The third-order valence-corrected chi connectivity index (χ3v) is 3.98. The number of hydrogen-bond donors (Lipinski definition) is 2. The summed E-state index contributed by atoms with van der Waals surface area (Å²) in [6, 6.07) is 5.15. The molecule has 3 nitrogen and oxygen atoms in total. The molecule has 1 aromatic rings. The molecule has 2 N–H and O–H groups in total. The van der Waals surface area contributed by atoms with Gasteiger partial charge in [-0.3, -0.25) is 4.90 Å². The molecule has 1 saturated heterocycles. The summed E-state index contributed by atoms with van der Waals surface area (Å²) in [6.07, 6.45) is 0.580. The first-order valence-electron chi connectivity index (χ1n) is 6.23. The second kappa shape index (κ2) is 8.36. The Labute approximate surface area is 133 Å². The highest BCUT2D eigenvalue weighted by atomic mass is 127. The Balaban J connectivity index is 0.00000180. The molecule has 0 saturated carbocycles. The predicted molar refractivity (Wildman–Crippen MR) is 85.3 cm³/mol. The molecule has 0 unspecified atom stereocenters. The van der Waals surface area contributed by atoms with Gasteiger partial charge in [0.25, 0.3) is 0 Å². The Hall–Kier alpha value is 0.0500. The number of aliphatic hydroxyl groups excluding tert-OH is 1. The van der Waals surface area contributed by atoms with E-state index in [-0.39, 0.29) is 30.9 Å². The van der Waals surface area contributed by atoms with Crippen LogP contribution in [-0.4, -0.2) is 42.8 Å². The van der Waals surface area contributed by atoms with E-state index in [0.717, 1.165) is 29.7 Å². The number of piperazine rings is 1. The van der Waals surface area contributed by atoms with Gasteiger partial charge in [-0.1, -0.05) is 0 Å². The van der Waals surface area contributed by atoms with Crippen molar-refractivity contribution >= 4 is 35.0 Å². The van der Waals surface area contributed by atoms with Crippen molar-refractivity contribution in [2.45, 2.75) is 12.5 Å². The van der Waals surface area contributed by atoms with Crippen LogP contribution in [0.25, 0.3) is 0 Å². The van der Waals surface area contributed by atoms with Crippen molar-refractivity contribution in [1.82, 2.24) is 10.2 Å². The van der Waals surface area contributed by atoms with Gasteiger partial charge in [-0.25, -0.2) is 4.39 Å². The summed E-state index contributed by atoms with van der Waals surface area (Å²) in [5.41, 5.74) is 0.706. The molecule has 0 amide bonds. The average Bonchev–Trinajstić information content (AvgIpc) is 2.40. The standard InChI is InChI=1S/C13H18FIN2O.ClH/c14-12-2-1-10(15)9-11(12)13(3-8-18)17-6-4-16-5-7-17;/h1-2,9,13,16,18H,3-8H2;1H/t13-;/m1./s1. The highest BCUT2D eigenvalue weighted by molar-refractivity contribution is 14.1. The Kier molecular flexibility index (Phi) is 7.53. The van der Waals surface area contributed by atoms with Crippen molar-refractivity contribution in [3.8, 4) is 0 Å². The molecule has 0 aromatic heterocycles. The fraction of sp³-hybridized carbons (Fsp3) is 0.538. The summed E-state index contributed by atoms with van der Waals surface area (Å²) in [5, 5.41) is 12.5. The molecular weight excluding hydrogens is 382 g/mol. The van der Waals surface area contributed by atoms with E-state index in [2.05, 4.69) is 32.8 Å². The van der Waals surface area contributed by atoms with Crippen LogP contribution in [0.4, 0.5) is 4.39 Å². The lowest BCUT2D eigenvalue weighted by Crippen LogP contribution is -2.45. The third-order valence-electron chi connectivity index (χ3n) is 3.31. The highest BCUT2D eigenvalue weighted by Crippen LogP contribution is 2.28. The lowest BCUT2D eigenvalue weighted by Gasteiger charge is -2.35. The van der Waals surface area contributed by atoms with Gasteiger partial charge in [0.05, 0.1) is 0 Å². The zero-order valence-electron chi connectivity index (χ0n) is 10.6. The summed E-state index contributed by atoms with van der Waals surface area (Å²) in [6.45, 7) is 3.73. The maximum atomic E-state index is 14.0. The number of benzene rings is 1. The van der Waals surface area contributed by atoms with E-state index in [1.165, 1.54) is 6.07 Å². The van der Waals surface area contributed by atoms with E-state index in [4.69, 9.17) is 0 Å². The van der Waals surface area contributed by atoms with E-state index in [1.54, 1.807) is 6.07 Å². The van der Waals surface area contributed by atoms with Gasteiger partial charge in [-0.05, 0) is 47.2 Å². The number of nitrogens with zero attached hydrogens (tertiary/aromatic N) is 1. The second-order valence-electron chi connectivity index (χ2n) is 4.48. The van der Waals surface area contributed by atoms with Crippen LogP contribution in [0.15, 0.2) is 18.2 Å². The Morgan fingerprint density at radius 2 is 2.05 bits per heavy atom. The molecule has 1 fully saturated rings. The molecule has 0 spiro atoms. The van der Waals surface area contributed by atoms with E-state index in [1.807, 2.05) is 6.07 Å². The van der Waals surface area contributed by atoms with Crippen molar-refractivity contribution in [2.75, 3.05) is 32.8 Å². The molecule has 2 rings (SSSR count). The largest absolute Gasteiger partial charge is 0.396 e. The Morgan fingerprint density at radius 1 is 1.37 bits per heavy atom. The molecule has 6 heteroatoms. The zero-order valence-corrected chi connectivity index (χ0v) is 13.6. The molecule has 1 aliphatic rings. The van der Waals surface area contributed by atoms with Gasteiger partial charge < -0.3 is 10.4 Å². The number of halogens is 3. The van der Waals surface area contributed by atoms with Gasteiger partial charge in [0.1, 0.15) is 5.82 Å². The normalized spacial score (nSPS) is 17.8. The smallest absolute Gasteiger partial charge is 0.128 e. The van der Waals surface area contributed by atoms with Gasteiger partial charge in [0, 0.05) is 48.0 Å². The molecular formula is C13H19ClFIN2O. The molecule has 0 aliphatic carbocycles. The van der Waals surface area contributed by atoms with Crippen LogP contribution >= 0.6 is 35.0 Å². The zero-order chi connectivity index (χ0) is 13.0. The number of rotatable bonds is 4. The second-order valence-corrected chi connectivity index (χ2v) is 5.73. The van der Waals surface area contributed by atoms with E-state index >= 15 is 0 Å². The molecule has 19 heavy (non-hydrogen) atoms. The summed E-state index contributed by atoms with van der Waals surface area (Å²) in [5.74, 6) is -0.174. The molecule has 1 atom stereocenters. The molecule has 108 valence electrons. The maximum absolute atomic E-state index is 14.0. The topological polar surface area (TPSA) is 35.5 Å². The average molecular weight is 401 g/mol. The van der Waals surface area contributed by atoms with Gasteiger partial charge in [0.2, 0.25) is 0 Å². The van der Waals surface area contributed by atoms with E-state index < -0.39 is 0 Å². The Morgan fingerprint density at radius 3 is 2.68 bits per heavy atom. The van der Waals surface area contributed by atoms with Gasteiger partial charge >= 0.3 is 0 Å². The number of aliphatic hydroxyl groups is 1. The fourth-order valence-electron chi connectivity index (χ4n) is 2.42. The van der Waals surface area contributed by atoms with Crippen LogP contribution < -0.4 is 5.32 Å². The maximum Gasteiger partial charge on any atom is 0.128 e. The van der Waals surface area contributed by atoms with Crippen molar-refractivity contribution in [3.63, 3.8) is 0 Å². The van der Waals surface area contributed by atoms with Crippen LogP contribution in [0, 0.1) is 9.39 Å². The first-order chi connectivity index (χ1) is 8.72. The molecule has 0 radical (unpaired) electrons. The lowest BCUT2D eigenvalue weighted by molar-refractivity contribution is 0.138. The third kappa shape index (κ3) is 4.53. The fourth-order valence-corrected chi connectivity index (χ4v) is 2.94. The van der Waals surface area contributed by atoms with Crippen LogP contribution in [0.5, 0.6) is 0 Å². The summed E-state index contributed by atoms with van der Waals surface area (Å²) in [4.78, 5) is 2.25. The lowest BCUT2D eigenvalue weighted by atomic mass is 10.0. The van der Waals surface area contributed by atoms with Gasteiger partial charge in [0.15, 0.2) is 0 Å². The summed E-state index contributed by atoms with van der Waals surface area (Å²) >= 11 is 2.19. The molecule has 0 bridgehead atoms. The first kappa shape index (κ1) is 17.1. The molecule has 1 aliphatic heterocycles. The minimum atomic E-state index is -0.174. The van der Waals surface area contributed by atoms with E-state index in [0.29, 0.717) is 12.0 Å². The number of hydrogen-bond acceptors (Lipinski definition) is 3. The first-order valence-corrected chi connectivity index (χ1v) is 7.31.